The third kappa shape index (κ3) is 2.98. The SMILES string of the molecule is CC(C)c1ccc(C2(c3cc(Cl)c(C(C)C)c(Cl)c3)COC2)cc1. The molecule has 1 fully saturated rings. The minimum absolute atomic E-state index is 0.141. The van der Waals surface area contributed by atoms with Crippen LogP contribution in [0.1, 0.15) is 61.8 Å². The number of benzene rings is 2. The van der Waals surface area contributed by atoms with Crippen molar-refractivity contribution in [1.29, 1.82) is 0 Å². The highest BCUT2D eigenvalue weighted by Crippen LogP contribution is 2.43. The summed E-state index contributed by atoms with van der Waals surface area (Å²) in [5.41, 5.74) is 4.64. The molecule has 0 unspecified atom stereocenters. The second-order valence-corrected chi connectivity index (χ2v) is 8.17. The summed E-state index contributed by atoms with van der Waals surface area (Å²) in [5.74, 6) is 0.833. The van der Waals surface area contributed by atoms with Crippen molar-refractivity contribution in [1.82, 2.24) is 0 Å². The van der Waals surface area contributed by atoms with Crippen molar-refractivity contribution in [2.24, 2.45) is 0 Å². The molecule has 1 saturated heterocycles. The minimum Gasteiger partial charge on any atom is -0.379 e. The van der Waals surface area contributed by atoms with Crippen LogP contribution >= 0.6 is 23.2 Å². The molecule has 1 heterocycles. The van der Waals surface area contributed by atoms with Gasteiger partial charge in [-0.2, -0.15) is 0 Å². The first-order chi connectivity index (χ1) is 11.3. The maximum Gasteiger partial charge on any atom is 0.0670 e. The van der Waals surface area contributed by atoms with Gasteiger partial charge in [-0.05, 0) is 46.2 Å². The van der Waals surface area contributed by atoms with E-state index in [1.54, 1.807) is 0 Å². The fourth-order valence-corrected chi connectivity index (χ4v) is 4.33. The Hall–Kier alpha value is -1.02. The third-order valence-electron chi connectivity index (χ3n) is 5.04. The molecule has 0 radical (unpaired) electrons. The largest absolute Gasteiger partial charge is 0.379 e. The highest BCUT2D eigenvalue weighted by Gasteiger charge is 2.42. The van der Waals surface area contributed by atoms with Gasteiger partial charge in [0.1, 0.15) is 0 Å². The summed E-state index contributed by atoms with van der Waals surface area (Å²) in [6.45, 7) is 9.98. The van der Waals surface area contributed by atoms with E-state index in [1.807, 2.05) is 0 Å². The van der Waals surface area contributed by atoms with Gasteiger partial charge in [0.05, 0.1) is 18.6 Å². The maximum absolute atomic E-state index is 6.55. The van der Waals surface area contributed by atoms with Crippen molar-refractivity contribution < 1.29 is 4.74 Å². The molecule has 0 spiro atoms. The molecule has 0 aliphatic carbocycles. The average Bonchev–Trinajstić information content (AvgIpc) is 2.45. The molecule has 0 N–H and O–H groups in total. The van der Waals surface area contributed by atoms with E-state index in [9.17, 15) is 0 Å². The first-order valence-electron chi connectivity index (χ1n) is 8.53. The number of hydrogen-bond acceptors (Lipinski definition) is 1. The van der Waals surface area contributed by atoms with E-state index in [-0.39, 0.29) is 5.41 Å². The summed E-state index contributed by atoms with van der Waals surface area (Å²) in [5, 5.41) is 1.50. The van der Waals surface area contributed by atoms with Crippen LogP contribution in [-0.4, -0.2) is 13.2 Å². The van der Waals surface area contributed by atoms with Crippen molar-refractivity contribution in [3.63, 3.8) is 0 Å². The molecule has 24 heavy (non-hydrogen) atoms. The van der Waals surface area contributed by atoms with E-state index in [4.69, 9.17) is 27.9 Å². The Kier molecular flexibility index (Phi) is 4.97. The molecule has 0 saturated carbocycles. The molecule has 1 aliphatic rings. The van der Waals surface area contributed by atoms with Gasteiger partial charge in [0.25, 0.3) is 0 Å². The molecule has 2 aromatic carbocycles. The Labute approximate surface area is 154 Å². The summed E-state index contributed by atoms with van der Waals surface area (Å²) in [4.78, 5) is 0. The number of hydrogen-bond donors (Lipinski definition) is 0. The van der Waals surface area contributed by atoms with Gasteiger partial charge >= 0.3 is 0 Å². The second-order valence-electron chi connectivity index (χ2n) is 7.36. The normalized spacial score (nSPS) is 16.5. The molecular formula is C21H24Cl2O. The van der Waals surface area contributed by atoms with Gasteiger partial charge in [0, 0.05) is 10.0 Å². The Morgan fingerprint density at radius 2 is 1.38 bits per heavy atom. The predicted molar refractivity (Wildman–Crippen MR) is 103 cm³/mol. The van der Waals surface area contributed by atoms with E-state index < -0.39 is 0 Å². The monoisotopic (exact) mass is 362 g/mol. The molecule has 0 amide bonds. The fraction of sp³-hybridized carbons (Fsp3) is 0.429. The molecule has 3 rings (SSSR count). The van der Waals surface area contributed by atoms with Crippen LogP contribution in [0.15, 0.2) is 36.4 Å². The smallest absolute Gasteiger partial charge is 0.0670 e. The topological polar surface area (TPSA) is 9.23 Å². The van der Waals surface area contributed by atoms with Gasteiger partial charge in [0.2, 0.25) is 0 Å². The average molecular weight is 363 g/mol. The van der Waals surface area contributed by atoms with Crippen LogP contribution in [0.2, 0.25) is 10.0 Å². The molecule has 0 bridgehead atoms. The van der Waals surface area contributed by atoms with E-state index >= 15 is 0 Å². The van der Waals surface area contributed by atoms with Crippen molar-refractivity contribution in [3.05, 3.63) is 68.7 Å². The van der Waals surface area contributed by atoms with Crippen LogP contribution in [0.4, 0.5) is 0 Å². The van der Waals surface area contributed by atoms with E-state index in [0.29, 0.717) is 25.0 Å². The van der Waals surface area contributed by atoms with Gasteiger partial charge in [0.15, 0.2) is 0 Å². The fourth-order valence-electron chi connectivity index (χ4n) is 3.41. The standard InChI is InChI=1S/C21H24Cl2O/c1-13(2)15-5-7-16(8-6-15)21(11-24-12-21)17-9-18(22)20(14(3)4)19(23)10-17/h5-10,13-14H,11-12H2,1-4H3. The number of halogens is 2. The van der Waals surface area contributed by atoms with E-state index in [2.05, 4.69) is 64.1 Å². The van der Waals surface area contributed by atoms with Crippen molar-refractivity contribution in [3.8, 4) is 0 Å². The Morgan fingerprint density at radius 1 is 0.833 bits per heavy atom. The molecule has 1 aliphatic heterocycles. The third-order valence-corrected chi connectivity index (χ3v) is 5.66. The lowest BCUT2D eigenvalue weighted by Crippen LogP contribution is -2.47. The minimum atomic E-state index is -0.141. The zero-order valence-electron chi connectivity index (χ0n) is 14.7. The summed E-state index contributed by atoms with van der Waals surface area (Å²) < 4.78 is 5.60. The summed E-state index contributed by atoms with van der Waals surface area (Å²) in [6.07, 6.45) is 0. The predicted octanol–water partition coefficient (Wildman–Crippen LogP) is 6.56. The summed E-state index contributed by atoms with van der Waals surface area (Å²) >= 11 is 13.1. The van der Waals surface area contributed by atoms with Crippen molar-refractivity contribution >= 4 is 23.2 Å². The molecule has 0 atom stereocenters. The van der Waals surface area contributed by atoms with Crippen LogP contribution in [0.5, 0.6) is 0 Å². The summed E-state index contributed by atoms with van der Waals surface area (Å²) in [6, 6.07) is 13.0. The highest BCUT2D eigenvalue weighted by atomic mass is 35.5. The molecular weight excluding hydrogens is 339 g/mol. The second kappa shape index (κ2) is 6.71. The van der Waals surface area contributed by atoms with E-state index in [1.165, 1.54) is 11.1 Å². The van der Waals surface area contributed by atoms with Gasteiger partial charge in [-0.15, -0.1) is 0 Å². The molecule has 3 heteroatoms. The molecule has 0 aromatic heterocycles. The lowest BCUT2D eigenvalue weighted by atomic mass is 9.72. The highest BCUT2D eigenvalue weighted by molar-refractivity contribution is 6.36. The van der Waals surface area contributed by atoms with Crippen molar-refractivity contribution in [2.45, 2.75) is 44.9 Å². The Bertz CT molecular complexity index is 705. The van der Waals surface area contributed by atoms with Crippen LogP contribution in [0.25, 0.3) is 0 Å². The van der Waals surface area contributed by atoms with Gasteiger partial charge in [-0.25, -0.2) is 0 Å². The van der Waals surface area contributed by atoms with Gasteiger partial charge in [-0.3, -0.25) is 0 Å². The first-order valence-corrected chi connectivity index (χ1v) is 9.28. The maximum atomic E-state index is 6.55. The lowest BCUT2D eigenvalue weighted by Gasteiger charge is -2.43. The number of ether oxygens (including phenoxy) is 1. The zero-order chi connectivity index (χ0) is 17.5. The van der Waals surface area contributed by atoms with Crippen LogP contribution in [0, 0.1) is 0 Å². The quantitative estimate of drug-likeness (QED) is 0.598. The van der Waals surface area contributed by atoms with Crippen molar-refractivity contribution in [2.75, 3.05) is 13.2 Å². The Balaban J connectivity index is 2.05. The van der Waals surface area contributed by atoms with Gasteiger partial charge < -0.3 is 4.74 Å². The van der Waals surface area contributed by atoms with Crippen LogP contribution < -0.4 is 0 Å². The van der Waals surface area contributed by atoms with Crippen LogP contribution in [-0.2, 0) is 10.2 Å². The first kappa shape index (κ1) is 17.8. The number of rotatable bonds is 4. The molecule has 128 valence electrons. The summed E-state index contributed by atoms with van der Waals surface area (Å²) in [7, 11) is 0. The van der Waals surface area contributed by atoms with Crippen LogP contribution in [0.3, 0.4) is 0 Å². The molecule has 1 nitrogen and oxygen atoms in total. The lowest BCUT2D eigenvalue weighted by molar-refractivity contribution is -0.0379. The molecule has 2 aromatic rings. The Morgan fingerprint density at radius 3 is 1.75 bits per heavy atom. The van der Waals surface area contributed by atoms with E-state index in [0.717, 1.165) is 21.2 Å². The van der Waals surface area contributed by atoms with Gasteiger partial charge in [-0.1, -0.05) is 75.2 Å². The zero-order valence-corrected chi connectivity index (χ0v) is 16.2.